The topological polar surface area (TPSA) is 51.9 Å². The summed E-state index contributed by atoms with van der Waals surface area (Å²) in [5.41, 5.74) is 5.95. The summed E-state index contributed by atoms with van der Waals surface area (Å²) in [5, 5.41) is 12.3. The first kappa shape index (κ1) is 23.8. The first-order valence-electron chi connectivity index (χ1n) is 13.8. The van der Waals surface area contributed by atoms with Crippen LogP contribution in [0.3, 0.4) is 0 Å². The molecule has 1 aromatic heterocycles. The van der Waals surface area contributed by atoms with Crippen molar-refractivity contribution in [3.05, 3.63) is 59.8 Å². The molecule has 1 saturated heterocycles. The Labute approximate surface area is 210 Å². The number of benzene rings is 2. The average molecular weight is 469 g/mol. The van der Waals surface area contributed by atoms with E-state index in [0.717, 1.165) is 30.0 Å². The standard InChI is InChI=1S/C31H40N4/c1-2-4-6-11-24-12-8-14-26(21-24)33-19-10-15-27-22-28-30(34-27)16-9-17-31(28)35-29-18-20-32-23-25(29)13-7-5-3-1/h8-9,12,14,16-17,21-22,25,29,32-35H,1-7,11,13,18-20,23H2. The summed E-state index contributed by atoms with van der Waals surface area (Å²) in [7, 11) is 0. The molecule has 184 valence electrons. The summed E-state index contributed by atoms with van der Waals surface area (Å²) < 4.78 is 0. The Kier molecular flexibility index (Phi) is 8.29. The molecule has 2 aliphatic rings. The number of aryl methyl sites for hydroxylation is 1. The van der Waals surface area contributed by atoms with Gasteiger partial charge in [0.2, 0.25) is 0 Å². The minimum absolute atomic E-state index is 0.534. The fraction of sp³-hybridized carbons (Fsp3) is 0.484. The maximum absolute atomic E-state index is 3.93. The normalized spacial score (nSPS) is 22.3. The van der Waals surface area contributed by atoms with E-state index in [4.69, 9.17) is 0 Å². The monoisotopic (exact) mass is 468 g/mol. The van der Waals surface area contributed by atoms with E-state index in [1.807, 2.05) is 0 Å². The summed E-state index contributed by atoms with van der Waals surface area (Å²) in [5.74, 6) is 7.32. The van der Waals surface area contributed by atoms with Crippen LogP contribution in [0.4, 0.5) is 11.4 Å². The lowest BCUT2D eigenvalue weighted by molar-refractivity contribution is 0.316. The highest BCUT2D eigenvalue weighted by molar-refractivity contribution is 5.93. The van der Waals surface area contributed by atoms with Gasteiger partial charge in [-0.1, -0.05) is 62.6 Å². The predicted octanol–water partition coefficient (Wildman–Crippen LogP) is 6.70. The fourth-order valence-electron chi connectivity index (χ4n) is 5.71. The highest BCUT2D eigenvalue weighted by atomic mass is 15.0. The lowest BCUT2D eigenvalue weighted by Gasteiger charge is -2.34. The van der Waals surface area contributed by atoms with Gasteiger partial charge in [-0.05, 0) is 86.5 Å². The van der Waals surface area contributed by atoms with Crippen molar-refractivity contribution in [3.8, 4) is 11.8 Å². The lowest BCUT2D eigenvalue weighted by Crippen LogP contribution is -2.43. The number of nitrogens with one attached hydrogen (secondary N) is 4. The van der Waals surface area contributed by atoms with Crippen molar-refractivity contribution >= 4 is 22.3 Å². The van der Waals surface area contributed by atoms with Gasteiger partial charge in [-0.3, -0.25) is 0 Å². The molecule has 0 aliphatic carbocycles. The van der Waals surface area contributed by atoms with Gasteiger partial charge in [0.1, 0.15) is 0 Å². The van der Waals surface area contributed by atoms with Crippen LogP contribution < -0.4 is 16.0 Å². The van der Waals surface area contributed by atoms with E-state index in [1.165, 1.54) is 80.8 Å². The second kappa shape index (κ2) is 12.2. The molecule has 2 aliphatic heterocycles. The zero-order valence-corrected chi connectivity index (χ0v) is 21.0. The van der Waals surface area contributed by atoms with Crippen LogP contribution in [-0.4, -0.2) is 30.7 Å². The predicted molar refractivity (Wildman–Crippen MR) is 149 cm³/mol. The van der Waals surface area contributed by atoms with Crippen molar-refractivity contribution in [1.29, 1.82) is 0 Å². The maximum atomic E-state index is 3.93. The first-order valence-corrected chi connectivity index (χ1v) is 13.8. The van der Waals surface area contributed by atoms with E-state index in [9.17, 15) is 0 Å². The van der Waals surface area contributed by atoms with Gasteiger partial charge in [0.15, 0.2) is 0 Å². The molecule has 35 heavy (non-hydrogen) atoms. The van der Waals surface area contributed by atoms with Crippen molar-refractivity contribution in [2.75, 3.05) is 30.3 Å². The number of aromatic amines is 1. The van der Waals surface area contributed by atoms with E-state index in [2.05, 4.69) is 81.3 Å². The van der Waals surface area contributed by atoms with Crippen LogP contribution >= 0.6 is 0 Å². The number of aromatic nitrogens is 1. The van der Waals surface area contributed by atoms with Gasteiger partial charge in [0, 0.05) is 28.3 Å². The Hall–Kier alpha value is -2.90. The molecular formula is C31H40N4. The number of hydrogen-bond donors (Lipinski definition) is 4. The molecule has 0 saturated carbocycles. The molecule has 0 radical (unpaired) electrons. The molecule has 5 rings (SSSR count). The molecule has 4 N–H and O–H groups in total. The van der Waals surface area contributed by atoms with Crippen LogP contribution in [0.2, 0.25) is 0 Å². The molecule has 3 aromatic rings. The Morgan fingerprint density at radius 2 is 1.69 bits per heavy atom. The summed E-state index contributed by atoms with van der Waals surface area (Å²) >= 11 is 0. The van der Waals surface area contributed by atoms with Crippen LogP contribution in [0.25, 0.3) is 10.9 Å². The number of rotatable bonds is 0. The Balaban J connectivity index is 1.34. The van der Waals surface area contributed by atoms with E-state index >= 15 is 0 Å². The number of anilines is 2. The molecule has 4 nitrogen and oxygen atoms in total. The van der Waals surface area contributed by atoms with Crippen molar-refractivity contribution in [2.45, 2.75) is 70.3 Å². The van der Waals surface area contributed by atoms with Gasteiger partial charge < -0.3 is 20.9 Å². The molecule has 2 aromatic carbocycles. The average Bonchev–Trinajstić information content (AvgIpc) is 3.30. The van der Waals surface area contributed by atoms with Crippen LogP contribution in [0.5, 0.6) is 0 Å². The zero-order valence-electron chi connectivity index (χ0n) is 21.0. The molecule has 0 spiro atoms. The Bertz CT molecular complexity index is 1150. The number of hydrogen-bond acceptors (Lipinski definition) is 3. The van der Waals surface area contributed by atoms with Gasteiger partial charge in [-0.15, -0.1) is 0 Å². The minimum Gasteiger partial charge on any atom is -0.381 e. The van der Waals surface area contributed by atoms with Crippen LogP contribution in [0.1, 0.15) is 69.0 Å². The Morgan fingerprint density at radius 1 is 0.829 bits per heavy atom. The van der Waals surface area contributed by atoms with Gasteiger partial charge >= 0.3 is 0 Å². The largest absolute Gasteiger partial charge is 0.381 e. The molecule has 3 heterocycles. The minimum atomic E-state index is 0.534. The third-order valence-electron chi connectivity index (χ3n) is 7.68. The van der Waals surface area contributed by atoms with Gasteiger partial charge in [0.25, 0.3) is 0 Å². The number of H-pyrrole nitrogens is 1. The van der Waals surface area contributed by atoms with Crippen LogP contribution in [0.15, 0.2) is 48.5 Å². The summed E-state index contributed by atoms with van der Waals surface area (Å²) in [4.78, 5) is 3.51. The summed E-state index contributed by atoms with van der Waals surface area (Å²) in [6, 6.07) is 18.1. The number of fused-ring (bicyclic) bond motifs is 4. The van der Waals surface area contributed by atoms with Crippen molar-refractivity contribution in [1.82, 2.24) is 10.3 Å². The van der Waals surface area contributed by atoms with E-state index in [-0.39, 0.29) is 0 Å². The van der Waals surface area contributed by atoms with Crippen molar-refractivity contribution in [2.24, 2.45) is 5.92 Å². The second-order valence-corrected chi connectivity index (χ2v) is 10.3. The molecule has 2 atom stereocenters. The molecule has 4 heteroatoms. The third-order valence-corrected chi connectivity index (χ3v) is 7.68. The zero-order chi connectivity index (χ0) is 23.7. The fourth-order valence-corrected chi connectivity index (χ4v) is 5.71. The second-order valence-electron chi connectivity index (χ2n) is 10.3. The van der Waals surface area contributed by atoms with E-state index < -0.39 is 0 Å². The highest BCUT2D eigenvalue weighted by Gasteiger charge is 2.25. The van der Waals surface area contributed by atoms with E-state index in [1.54, 1.807) is 0 Å². The molecule has 4 bridgehead atoms. The van der Waals surface area contributed by atoms with Crippen molar-refractivity contribution in [3.63, 3.8) is 0 Å². The van der Waals surface area contributed by atoms with Crippen molar-refractivity contribution < 1.29 is 0 Å². The third kappa shape index (κ3) is 6.61. The highest BCUT2D eigenvalue weighted by Crippen LogP contribution is 2.29. The lowest BCUT2D eigenvalue weighted by atomic mass is 9.88. The smallest absolute Gasteiger partial charge is 0.0905 e. The summed E-state index contributed by atoms with van der Waals surface area (Å²) in [6.07, 6.45) is 13.1. The first-order chi connectivity index (χ1) is 17.3. The SMILES string of the molecule is C1#Cc2cc3c(cccc3[nH]2)NC2CCNCC2CCCCCCCCCc2cccc(c2)NC1. The molecule has 0 amide bonds. The van der Waals surface area contributed by atoms with E-state index in [0.29, 0.717) is 18.5 Å². The van der Waals surface area contributed by atoms with Gasteiger partial charge in [-0.2, -0.15) is 0 Å². The number of piperidine rings is 1. The molecular weight excluding hydrogens is 428 g/mol. The molecule has 1 fully saturated rings. The Morgan fingerprint density at radius 3 is 2.63 bits per heavy atom. The quantitative estimate of drug-likeness (QED) is 0.278. The molecule has 2 unspecified atom stereocenters. The van der Waals surface area contributed by atoms with Gasteiger partial charge in [-0.25, -0.2) is 0 Å². The van der Waals surface area contributed by atoms with Gasteiger partial charge in [0.05, 0.1) is 12.2 Å². The maximum Gasteiger partial charge on any atom is 0.0905 e. The van der Waals surface area contributed by atoms with Crippen LogP contribution in [0, 0.1) is 17.8 Å². The summed E-state index contributed by atoms with van der Waals surface area (Å²) in [6.45, 7) is 2.87. The van der Waals surface area contributed by atoms with Crippen LogP contribution in [-0.2, 0) is 6.42 Å².